The van der Waals surface area contributed by atoms with Crippen molar-refractivity contribution in [1.82, 2.24) is 5.32 Å². The summed E-state index contributed by atoms with van der Waals surface area (Å²) in [4.78, 5) is 11.7. The molecule has 0 atom stereocenters. The van der Waals surface area contributed by atoms with E-state index in [1.54, 1.807) is 12.1 Å². The van der Waals surface area contributed by atoms with Gasteiger partial charge in [0.1, 0.15) is 0 Å². The van der Waals surface area contributed by atoms with Gasteiger partial charge < -0.3 is 10.1 Å². The van der Waals surface area contributed by atoms with Crippen molar-refractivity contribution in [1.29, 1.82) is 0 Å². The van der Waals surface area contributed by atoms with Crippen LogP contribution in [0.2, 0.25) is 10.0 Å². The Hall–Kier alpha value is -0.930. The molecule has 1 amide bonds. The van der Waals surface area contributed by atoms with Crippen molar-refractivity contribution in [2.75, 3.05) is 7.11 Å². The Morgan fingerprint density at radius 3 is 2.38 bits per heavy atom. The minimum atomic E-state index is -0.144. The van der Waals surface area contributed by atoms with Gasteiger partial charge in [0.2, 0.25) is 0 Å². The molecule has 0 unspecified atom stereocenters. The molecule has 1 N–H and O–H groups in total. The van der Waals surface area contributed by atoms with Gasteiger partial charge in [-0.15, -0.1) is 0 Å². The lowest BCUT2D eigenvalue weighted by molar-refractivity contribution is 0.0951. The summed E-state index contributed by atoms with van der Waals surface area (Å²) in [6.45, 7) is 0. The Balaban J connectivity index is 2.24. The highest BCUT2D eigenvalue weighted by molar-refractivity contribution is 6.37. The fourth-order valence-electron chi connectivity index (χ4n) is 1.38. The molecular weight excluding hydrogens is 249 g/mol. The number of hydrogen-bond donors (Lipinski definition) is 1. The summed E-state index contributed by atoms with van der Waals surface area (Å²) in [5, 5.41) is 3.55. The predicted molar refractivity (Wildman–Crippen MR) is 63.5 cm³/mol. The lowest BCUT2D eigenvalue weighted by Gasteiger charge is -2.08. The molecule has 0 radical (unpaired) electrons. The van der Waals surface area contributed by atoms with Gasteiger partial charge in [-0.1, -0.05) is 23.2 Å². The van der Waals surface area contributed by atoms with Crippen LogP contribution in [-0.4, -0.2) is 19.1 Å². The molecule has 0 heterocycles. The molecule has 16 heavy (non-hydrogen) atoms. The fraction of sp³-hybridized carbons (Fsp3) is 0.364. The van der Waals surface area contributed by atoms with Crippen LogP contribution in [0.3, 0.4) is 0 Å². The van der Waals surface area contributed by atoms with E-state index in [1.165, 1.54) is 7.11 Å². The monoisotopic (exact) mass is 259 g/mol. The third-order valence-electron chi connectivity index (χ3n) is 2.38. The van der Waals surface area contributed by atoms with Crippen molar-refractivity contribution in [2.45, 2.75) is 18.9 Å². The average molecular weight is 260 g/mol. The maximum Gasteiger partial charge on any atom is 0.251 e. The highest BCUT2D eigenvalue weighted by Crippen LogP contribution is 2.34. The summed E-state index contributed by atoms with van der Waals surface area (Å²) >= 11 is 11.9. The highest BCUT2D eigenvalue weighted by atomic mass is 35.5. The van der Waals surface area contributed by atoms with Crippen LogP contribution in [0.25, 0.3) is 0 Å². The molecule has 86 valence electrons. The Morgan fingerprint density at radius 1 is 1.38 bits per heavy atom. The van der Waals surface area contributed by atoms with E-state index in [-0.39, 0.29) is 5.91 Å². The largest absolute Gasteiger partial charge is 0.494 e. The second-order valence-electron chi connectivity index (χ2n) is 3.72. The molecule has 1 fully saturated rings. The number of carbonyl (C=O) groups excluding carboxylic acids is 1. The Morgan fingerprint density at radius 2 is 1.94 bits per heavy atom. The number of nitrogens with one attached hydrogen (secondary N) is 1. The van der Waals surface area contributed by atoms with E-state index in [4.69, 9.17) is 27.9 Å². The van der Waals surface area contributed by atoms with Crippen molar-refractivity contribution in [3.05, 3.63) is 27.7 Å². The number of amides is 1. The molecule has 2 rings (SSSR count). The molecule has 0 saturated heterocycles. The Kier molecular flexibility index (Phi) is 3.26. The zero-order valence-electron chi connectivity index (χ0n) is 8.72. The van der Waals surface area contributed by atoms with Crippen LogP contribution in [-0.2, 0) is 0 Å². The van der Waals surface area contributed by atoms with E-state index in [0.717, 1.165) is 12.8 Å². The standard InChI is InChI=1S/C11H11Cl2NO2/c1-16-10-8(12)4-6(5-9(10)13)11(15)14-7-2-3-7/h4-5,7H,2-3H2,1H3,(H,14,15). The molecule has 0 aromatic heterocycles. The van der Waals surface area contributed by atoms with Gasteiger partial charge >= 0.3 is 0 Å². The number of hydrogen-bond acceptors (Lipinski definition) is 2. The van der Waals surface area contributed by atoms with E-state index < -0.39 is 0 Å². The molecule has 0 spiro atoms. The lowest BCUT2D eigenvalue weighted by Crippen LogP contribution is -2.25. The van der Waals surface area contributed by atoms with Gasteiger partial charge in [-0.3, -0.25) is 4.79 Å². The lowest BCUT2D eigenvalue weighted by atomic mass is 10.2. The van der Waals surface area contributed by atoms with Crippen molar-refractivity contribution < 1.29 is 9.53 Å². The van der Waals surface area contributed by atoms with Crippen LogP contribution >= 0.6 is 23.2 Å². The first-order chi connectivity index (χ1) is 7.61. The summed E-state index contributed by atoms with van der Waals surface area (Å²) in [6.07, 6.45) is 2.09. The summed E-state index contributed by atoms with van der Waals surface area (Å²) < 4.78 is 5.01. The number of ether oxygens (including phenoxy) is 1. The zero-order valence-corrected chi connectivity index (χ0v) is 10.2. The van der Waals surface area contributed by atoms with E-state index in [0.29, 0.717) is 27.4 Å². The van der Waals surface area contributed by atoms with Gasteiger partial charge in [0.05, 0.1) is 17.2 Å². The van der Waals surface area contributed by atoms with Crippen molar-refractivity contribution >= 4 is 29.1 Å². The van der Waals surface area contributed by atoms with Gasteiger partial charge in [0.25, 0.3) is 5.91 Å². The molecule has 1 saturated carbocycles. The SMILES string of the molecule is COc1c(Cl)cc(C(=O)NC2CC2)cc1Cl. The Labute approximate surface area is 104 Å². The normalized spacial score (nSPS) is 14.7. The van der Waals surface area contributed by atoms with Gasteiger partial charge in [-0.05, 0) is 25.0 Å². The quantitative estimate of drug-likeness (QED) is 0.907. The van der Waals surface area contributed by atoms with Crippen molar-refractivity contribution in [3.63, 3.8) is 0 Å². The second-order valence-corrected chi connectivity index (χ2v) is 4.54. The molecule has 0 bridgehead atoms. The van der Waals surface area contributed by atoms with Crippen molar-refractivity contribution in [2.24, 2.45) is 0 Å². The van der Waals surface area contributed by atoms with Crippen LogP contribution in [0, 0.1) is 0 Å². The average Bonchev–Trinajstić information content (AvgIpc) is 3.01. The van der Waals surface area contributed by atoms with Gasteiger partial charge in [-0.2, -0.15) is 0 Å². The van der Waals surface area contributed by atoms with Gasteiger partial charge in [0.15, 0.2) is 5.75 Å². The predicted octanol–water partition coefficient (Wildman–Crippen LogP) is 2.89. The minimum absolute atomic E-state index is 0.144. The third-order valence-corrected chi connectivity index (χ3v) is 2.94. The first-order valence-electron chi connectivity index (χ1n) is 4.95. The molecule has 5 heteroatoms. The van der Waals surface area contributed by atoms with E-state index >= 15 is 0 Å². The first-order valence-corrected chi connectivity index (χ1v) is 5.71. The number of methoxy groups -OCH3 is 1. The van der Waals surface area contributed by atoms with Crippen LogP contribution in [0.4, 0.5) is 0 Å². The van der Waals surface area contributed by atoms with Gasteiger partial charge in [-0.25, -0.2) is 0 Å². The van der Waals surface area contributed by atoms with E-state index in [1.807, 2.05) is 0 Å². The molecule has 3 nitrogen and oxygen atoms in total. The maximum atomic E-state index is 11.7. The number of carbonyl (C=O) groups is 1. The molecule has 1 aromatic rings. The second kappa shape index (κ2) is 4.52. The van der Waals surface area contributed by atoms with Crippen LogP contribution in [0.15, 0.2) is 12.1 Å². The first kappa shape index (κ1) is 11.6. The van der Waals surface area contributed by atoms with Crippen LogP contribution in [0.5, 0.6) is 5.75 Å². The molecule has 1 aromatic carbocycles. The molecule has 1 aliphatic rings. The number of rotatable bonds is 3. The summed E-state index contributed by atoms with van der Waals surface area (Å²) in [5.41, 5.74) is 0.461. The molecule has 1 aliphatic carbocycles. The number of halogens is 2. The van der Waals surface area contributed by atoms with E-state index in [2.05, 4.69) is 5.32 Å². The fourth-order valence-corrected chi connectivity index (χ4v) is 2.02. The van der Waals surface area contributed by atoms with Crippen LogP contribution < -0.4 is 10.1 Å². The van der Waals surface area contributed by atoms with Crippen LogP contribution in [0.1, 0.15) is 23.2 Å². The van der Waals surface area contributed by atoms with Gasteiger partial charge in [0, 0.05) is 11.6 Å². The minimum Gasteiger partial charge on any atom is -0.494 e. The van der Waals surface area contributed by atoms with E-state index in [9.17, 15) is 4.79 Å². The molecular formula is C11H11Cl2NO2. The molecule has 0 aliphatic heterocycles. The number of benzene rings is 1. The summed E-state index contributed by atoms with van der Waals surface area (Å²) in [6, 6.07) is 3.43. The maximum absolute atomic E-state index is 11.7. The smallest absolute Gasteiger partial charge is 0.251 e. The zero-order chi connectivity index (χ0) is 11.7. The highest BCUT2D eigenvalue weighted by Gasteiger charge is 2.24. The summed E-state index contributed by atoms with van der Waals surface area (Å²) in [5.74, 6) is 0.250. The Bertz CT molecular complexity index is 407. The summed E-state index contributed by atoms with van der Waals surface area (Å²) in [7, 11) is 1.48. The topological polar surface area (TPSA) is 38.3 Å². The third kappa shape index (κ3) is 2.42. The van der Waals surface area contributed by atoms with Crippen molar-refractivity contribution in [3.8, 4) is 5.75 Å².